The van der Waals surface area contributed by atoms with Gasteiger partial charge in [-0.15, -0.1) is 0 Å². The van der Waals surface area contributed by atoms with Gasteiger partial charge in [-0.2, -0.15) is 0 Å². The summed E-state index contributed by atoms with van der Waals surface area (Å²) in [5, 5.41) is 120. The number of hydrogen-bond donors (Lipinski definition) is 12. The van der Waals surface area contributed by atoms with Crippen molar-refractivity contribution < 1.29 is 104 Å². The molecule has 20 atom stereocenters. The van der Waals surface area contributed by atoms with Crippen molar-refractivity contribution in [1.29, 1.82) is 0 Å². The minimum absolute atomic E-state index is 0.115. The van der Waals surface area contributed by atoms with Crippen molar-refractivity contribution >= 4 is 5.91 Å². The van der Waals surface area contributed by atoms with E-state index < -0.39 is 148 Å². The molecule has 4 saturated heterocycles. The van der Waals surface area contributed by atoms with Crippen molar-refractivity contribution in [1.82, 2.24) is 5.32 Å². The van der Waals surface area contributed by atoms with Crippen LogP contribution >= 0.6 is 0 Å². The second-order valence-corrected chi connectivity index (χ2v) is 14.8. The predicted octanol–water partition coefficient (Wildman–Crippen LogP) is -5.57. The van der Waals surface area contributed by atoms with E-state index in [9.17, 15) is 61.0 Å². The van der Waals surface area contributed by atoms with Crippen molar-refractivity contribution in [3.63, 3.8) is 0 Å². The van der Waals surface area contributed by atoms with E-state index >= 15 is 0 Å². The summed E-state index contributed by atoms with van der Waals surface area (Å²) in [6.45, 7) is 0.937. The maximum Gasteiger partial charge on any atom is 0.217 e. The van der Waals surface area contributed by atoms with E-state index in [1.165, 1.54) is 7.11 Å². The first-order chi connectivity index (χ1) is 27.2. The average Bonchev–Trinajstić information content (AvgIpc) is 3.18. The predicted molar refractivity (Wildman–Crippen MR) is 187 cm³/mol. The Morgan fingerprint density at radius 1 is 0.544 bits per heavy atom. The van der Waals surface area contributed by atoms with Crippen molar-refractivity contribution in [2.75, 3.05) is 40.1 Å². The topological polar surface area (TPSA) is 335 Å². The van der Waals surface area contributed by atoms with Crippen LogP contribution in [0.3, 0.4) is 0 Å². The molecule has 0 aliphatic carbocycles. The fraction of sp³-hybridized carbons (Fsp3) is 0.971. The Morgan fingerprint density at radius 3 is 1.68 bits per heavy atom. The summed E-state index contributed by atoms with van der Waals surface area (Å²) < 4.78 is 51.6. The van der Waals surface area contributed by atoms with Gasteiger partial charge in [-0.25, -0.2) is 0 Å². The first-order valence-electron chi connectivity index (χ1n) is 19.4. The maximum absolute atomic E-state index is 12.0. The fourth-order valence-corrected chi connectivity index (χ4v) is 7.17. The Bertz CT molecular complexity index is 1180. The molecule has 0 spiro atoms. The second kappa shape index (κ2) is 23.0. The van der Waals surface area contributed by atoms with Gasteiger partial charge < -0.3 is 104 Å². The molecule has 0 saturated carbocycles. The molecule has 0 aromatic heterocycles. The van der Waals surface area contributed by atoms with E-state index in [0.717, 1.165) is 39.0 Å². The van der Waals surface area contributed by atoms with Gasteiger partial charge in [-0.05, 0) is 6.42 Å². The molecule has 0 aromatic carbocycles. The third-order valence-corrected chi connectivity index (χ3v) is 10.5. The lowest BCUT2D eigenvalue weighted by atomic mass is 9.95. The van der Waals surface area contributed by atoms with E-state index in [1.54, 1.807) is 0 Å². The first kappa shape index (κ1) is 48.3. The number of ether oxygens (including phenoxy) is 9. The lowest BCUT2D eigenvalue weighted by Crippen LogP contribution is -2.68. The smallest absolute Gasteiger partial charge is 0.217 e. The molecule has 22 heteroatoms. The Balaban J connectivity index is 1.58. The van der Waals surface area contributed by atoms with Gasteiger partial charge in [0.1, 0.15) is 97.6 Å². The van der Waals surface area contributed by atoms with Gasteiger partial charge in [-0.1, -0.05) is 39.0 Å². The number of rotatable bonds is 20. The normalized spacial score (nSPS) is 44.2. The van der Waals surface area contributed by atoms with Crippen LogP contribution in [0.1, 0.15) is 52.4 Å². The number of unbranched alkanes of at least 4 members (excludes halogenated alkanes) is 5. The molecule has 4 heterocycles. The maximum atomic E-state index is 12.0. The second-order valence-electron chi connectivity index (χ2n) is 14.8. The summed E-state index contributed by atoms with van der Waals surface area (Å²) in [5.74, 6) is -0.681. The number of aliphatic hydroxyl groups excluding tert-OH is 11. The summed E-state index contributed by atoms with van der Waals surface area (Å²) in [7, 11) is 1.34. The van der Waals surface area contributed by atoms with Crippen LogP contribution in [0.25, 0.3) is 0 Å². The lowest BCUT2D eigenvalue weighted by Gasteiger charge is -2.49. The number of nitrogens with one attached hydrogen (secondary N) is 1. The molecular formula is C35H63NO21. The summed E-state index contributed by atoms with van der Waals surface area (Å²) in [6.07, 6.45) is -25.8. The van der Waals surface area contributed by atoms with Gasteiger partial charge in [0.05, 0.1) is 26.4 Å². The average molecular weight is 834 g/mol. The highest BCUT2D eigenvalue weighted by atomic mass is 16.8. The summed E-state index contributed by atoms with van der Waals surface area (Å²) >= 11 is 0. The monoisotopic (exact) mass is 833 g/mol. The quantitative estimate of drug-likeness (QED) is 0.0509. The van der Waals surface area contributed by atoms with Crippen molar-refractivity contribution in [2.45, 2.75) is 175 Å². The van der Waals surface area contributed by atoms with Crippen molar-refractivity contribution in [3.8, 4) is 0 Å². The van der Waals surface area contributed by atoms with Gasteiger partial charge in [0.2, 0.25) is 5.91 Å². The highest BCUT2D eigenvalue weighted by Gasteiger charge is 2.55. The van der Waals surface area contributed by atoms with E-state index in [-0.39, 0.29) is 13.2 Å². The Hall–Kier alpha value is -1.33. The molecule has 334 valence electrons. The molecule has 0 aromatic rings. The van der Waals surface area contributed by atoms with Crippen LogP contribution < -0.4 is 5.32 Å². The van der Waals surface area contributed by atoms with Gasteiger partial charge in [0, 0.05) is 20.6 Å². The Labute approximate surface area is 330 Å². The molecule has 1 amide bonds. The largest absolute Gasteiger partial charge is 0.394 e. The highest BCUT2D eigenvalue weighted by molar-refractivity contribution is 5.73. The molecule has 22 nitrogen and oxygen atoms in total. The van der Waals surface area contributed by atoms with Gasteiger partial charge in [-0.3, -0.25) is 4.79 Å². The zero-order chi connectivity index (χ0) is 42.0. The van der Waals surface area contributed by atoms with E-state index in [1.807, 2.05) is 0 Å². The molecule has 57 heavy (non-hydrogen) atoms. The SMILES string of the molecule is CCCCCCCCO[C@@H]1O[C@H](CO[C@H]2O[C@H](COC)[C@@H](O)[C@H](O)[C@@H]2O)[C@@H](O)[C@H](O[C@H]2O[C@H](CO)[C@@H](O)[C@H](O)[C@@H]2O[C@@H]2O[C@H](CO)[C@@H](O)[C@H](O)[C@H]2NC(C)=O)[C@@H]1O. The third kappa shape index (κ3) is 12.2. The molecule has 4 aliphatic rings. The molecule has 4 rings (SSSR count). The van der Waals surface area contributed by atoms with Crippen LogP contribution in [0.5, 0.6) is 0 Å². The fourth-order valence-electron chi connectivity index (χ4n) is 7.17. The van der Waals surface area contributed by atoms with E-state index in [4.69, 9.17) is 42.6 Å². The molecule has 12 N–H and O–H groups in total. The van der Waals surface area contributed by atoms with Crippen LogP contribution in [0.2, 0.25) is 0 Å². The number of carbonyl (C=O) groups excluding carboxylic acids is 1. The molecule has 0 radical (unpaired) electrons. The molecule has 0 unspecified atom stereocenters. The number of aliphatic hydroxyl groups is 11. The number of carbonyl (C=O) groups is 1. The van der Waals surface area contributed by atoms with Crippen LogP contribution in [0.15, 0.2) is 0 Å². The zero-order valence-electron chi connectivity index (χ0n) is 32.3. The van der Waals surface area contributed by atoms with Crippen LogP contribution in [0, 0.1) is 0 Å². The molecule has 4 fully saturated rings. The number of methoxy groups -OCH3 is 1. The minimum Gasteiger partial charge on any atom is -0.394 e. The zero-order valence-corrected chi connectivity index (χ0v) is 32.3. The number of hydrogen-bond acceptors (Lipinski definition) is 21. The van der Waals surface area contributed by atoms with Crippen LogP contribution in [-0.2, 0) is 47.4 Å². The first-order valence-corrected chi connectivity index (χ1v) is 19.4. The van der Waals surface area contributed by atoms with E-state index in [0.29, 0.717) is 6.42 Å². The highest BCUT2D eigenvalue weighted by Crippen LogP contribution is 2.34. The lowest BCUT2D eigenvalue weighted by molar-refractivity contribution is -0.385. The van der Waals surface area contributed by atoms with Crippen LogP contribution in [0.4, 0.5) is 0 Å². The van der Waals surface area contributed by atoms with Crippen molar-refractivity contribution in [3.05, 3.63) is 0 Å². The summed E-state index contributed by atoms with van der Waals surface area (Å²) in [5.41, 5.74) is 0. The van der Waals surface area contributed by atoms with E-state index in [2.05, 4.69) is 12.2 Å². The van der Waals surface area contributed by atoms with Crippen LogP contribution in [-0.4, -0.2) is 225 Å². The Kier molecular flexibility index (Phi) is 19.5. The van der Waals surface area contributed by atoms with Crippen molar-refractivity contribution in [2.24, 2.45) is 0 Å². The molecule has 0 bridgehead atoms. The summed E-state index contributed by atoms with van der Waals surface area (Å²) in [4.78, 5) is 12.0. The summed E-state index contributed by atoms with van der Waals surface area (Å²) in [6, 6.07) is -1.50. The number of amides is 1. The minimum atomic E-state index is -1.95. The van der Waals surface area contributed by atoms with Gasteiger partial charge >= 0.3 is 0 Å². The molecule has 4 aliphatic heterocycles. The molecular weight excluding hydrogens is 770 g/mol. The third-order valence-electron chi connectivity index (χ3n) is 10.5. The van der Waals surface area contributed by atoms with Gasteiger partial charge in [0.25, 0.3) is 0 Å². The van der Waals surface area contributed by atoms with Gasteiger partial charge in [0.15, 0.2) is 25.2 Å². The standard InChI is InChI=1S/C35H63NO21/c1-4-5-6-7-8-9-10-50-34-29(48)30(24(43)19(55-34)14-51-33-28(47)26(45)23(42)18(54-33)13-49-3)56-35-31(27(46)22(41)17(12-38)53-35)57-32-20(36-15(2)39)25(44)21(40)16(11-37)52-32/h16-35,37-38,40-48H,4-14H2,1-3H3,(H,36,39)/t16-,17-,18-,19-,20-,21-,22-,23-,24-,25-,26+,27+,28+,29+,30+,31+,32+,33+,34-,35-/m1/s1. The Morgan fingerprint density at radius 2 is 1.07 bits per heavy atom.